The summed E-state index contributed by atoms with van der Waals surface area (Å²) in [5.41, 5.74) is 1.49. The van der Waals surface area contributed by atoms with Crippen molar-refractivity contribution < 1.29 is 4.74 Å². The Morgan fingerprint density at radius 1 is 1.25 bits per heavy atom. The van der Waals surface area contributed by atoms with Crippen LogP contribution in [0.4, 0.5) is 0 Å². The van der Waals surface area contributed by atoms with Gasteiger partial charge in [-0.25, -0.2) is 0 Å². The third-order valence-electron chi connectivity index (χ3n) is 2.50. The molecule has 0 bridgehead atoms. The van der Waals surface area contributed by atoms with Crippen molar-refractivity contribution in [2.24, 2.45) is 0 Å². The molecule has 0 aliphatic heterocycles. The van der Waals surface area contributed by atoms with E-state index in [0.29, 0.717) is 0 Å². The van der Waals surface area contributed by atoms with E-state index in [2.05, 4.69) is 51.2 Å². The van der Waals surface area contributed by atoms with Gasteiger partial charge in [0.25, 0.3) is 0 Å². The zero-order valence-electron chi connectivity index (χ0n) is 10.8. The van der Waals surface area contributed by atoms with Crippen molar-refractivity contribution in [3.63, 3.8) is 0 Å². The molecule has 0 spiro atoms. The second-order valence-corrected chi connectivity index (χ2v) is 4.98. The molecule has 90 valence electrons. The summed E-state index contributed by atoms with van der Waals surface area (Å²) in [4.78, 5) is 0. The highest BCUT2D eigenvalue weighted by Gasteiger charge is 2.13. The van der Waals surface area contributed by atoms with E-state index in [1.165, 1.54) is 5.56 Å². The van der Waals surface area contributed by atoms with Gasteiger partial charge >= 0.3 is 0 Å². The molecule has 0 saturated heterocycles. The molecular formula is C14H23NO. The van der Waals surface area contributed by atoms with Gasteiger partial charge in [-0.3, -0.25) is 0 Å². The Hall–Kier alpha value is -1.02. The summed E-state index contributed by atoms with van der Waals surface area (Å²) < 4.78 is 5.68. The Balaban J connectivity index is 2.54. The van der Waals surface area contributed by atoms with Crippen LogP contribution in [0.5, 0.6) is 5.75 Å². The smallest absolute Gasteiger partial charge is 0.119 e. The first-order valence-corrected chi connectivity index (χ1v) is 5.98. The maximum absolute atomic E-state index is 5.68. The summed E-state index contributed by atoms with van der Waals surface area (Å²) in [5.74, 6) is 0.963. The van der Waals surface area contributed by atoms with Gasteiger partial charge in [0.1, 0.15) is 12.4 Å². The first-order chi connectivity index (χ1) is 7.54. The lowest BCUT2D eigenvalue weighted by Gasteiger charge is -2.19. The number of nitrogens with one attached hydrogen (secondary N) is 1. The van der Waals surface area contributed by atoms with Crippen molar-refractivity contribution in [2.45, 2.75) is 33.1 Å². The molecule has 0 heterocycles. The summed E-state index contributed by atoms with van der Waals surface area (Å²) in [6, 6.07) is 8.35. The molecule has 0 aromatic heterocycles. The van der Waals surface area contributed by atoms with E-state index in [9.17, 15) is 0 Å². The normalized spacial score (nSPS) is 11.5. The first kappa shape index (κ1) is 13.0. The molecule has 16 heavy (non-hydrogen) atoms. The quantitative estimate of drug-likeness (QED) is 0.772. The molecule has 2 nitrogen and oxygen atoms in total. The molecule has 0 radical (unpaired) electrons. The van der Waals surface area contributed by atoms with Crippen LogP contribution < -0.4 is 10.1 Å². The lowest BCUT2D eigenvalue weighted by molar-refractivity contribution is 0.314. The summed E-state index contributed by atoms with van der Waals surface area (Å²) in [7, 11) is 0. The minimum absolute atomic E-state index is 0.182. The van der Waals surface area contributed by atoms with E-state index in [-0.39, 0.29) is 5.41 Å². The average Bonchev–Trinajstić information content (AvgIpc) is 2.24. The van der Waals surface area contributed by atoms with Crippen molar-refractivity contribution in [3.8, 4) is 5.75 Å². The minimum atomic E-state index is 0.182. The second-order valence-electron chi connectivity index (χ2n) is 4.98. The zero-order chi connectivity index (χ0) is 12.0. The Morgan fingerprint density at radius 2 is 2.00 bits per heavy atom. The maximum Gasteiger partial charge on any atom is 0.119 e. The SMILES string of the molecule is CCNCCOc1cccc(C(C)(C)C)c1. The fourth-order valence-electron chi connectivity index (χ4n) is 1.47. The molecule has 0 atom stereocenters. The molecule has 0 amide bonds. The van der Waals surface area contributed by atoms with Gasteiger partial charge in [0.2, 0.25) is 0 Å². The average molecular weight is 221 g/mol. The van der Waals surface area contributed by atoms with Gasteiger partial charge in [-0.15, -0.1) is 0 Å². The summed E-state index contributed by atoms with van der Waals surface area (Å²) in [6.45, 7) is 11.4. The van der Waals surface area contributed by atoms with Crippen LogP contribution in [0.1, 0.15) is 33.3 Å². The highest BCUT2D eigenvalue weighted by atomic mass is 16.5. The predicted octanol–water partition coefficient (Wildman–Crippen LogP) is 2.97. The van der Waals surface area contributed by atoms with E-state index in [0.717, 1.165) is 25.4 Å². The molecule has 2 heteroatoms. The number of ether oxygens (including phenoxy) is 1. The molecule has 1 rings (SSSR count). The van der Waals surface area contributed by atoms with E-state index < -0.39 is 0 Å². The van der Waals surface area contributed by atoms with Gasteiger partial charge < -0.3 is 10.1 Å². The monoisotopic (exact) mass is 221 g/mol. The number of hydrogen-bond donors (Lipinski definition) is 1. The van der Waals surface area contributed by atoms with Gasteiger partial charge in [-0.2, -0.15) is 0 Å². The topological polar surface area (TPSA) is 21.3 Å². The largest absolute Gasteiger partial charge is 0.492 e. The first-order valence-electron chi connectivity index (χ1n) is 5.98. The minimum Gasteiger partial charge on any atom is -0.492 e. The fourth-order valence-corrected chi connectivity index (χ4v) is 1.47. The van der Waals surface area contributed by atoms with Gasteiger partial charge in [0.05, 0.1) is 0 Å². The van der Waals surface area contributed by atoms with E-state index in [1.807, 2.05) is 6.07 Å². The van der Waals surface area contributed by atoms with E-state index >= 15 is 0 Å². The number of benzene rings is 1. The van der Waals surface area contributed by atoms with Crippen molar-refractivity contribution in [2.75, 3.05) is 19.7 Å². The molecular weight excluding hydrogens is 198 g/mol. The summed E-state index contributed by atoms with van der Waals surface area (Å²) in [5, 5.41) is 3.24. The van der Waals surface area contributed by atoms with Crippen molar-refractivity contribution in [1.82, 2.24) is 5.32 Å². The number of likely N-dealkylation sites (N-methyl/N-ethyl adjacent to an activating group) is 1. The van der Waals surface area contributed by atoms with Crippen LogP contribution in [0, 0.1) is 0 Å². The third-order valence-corrected chi connectivity index (χ3v) is 2.50. The maximum atomic E-state index is 5.68. The zero-order valence-corrected chi connectivity index (χ0v) is 10.8. The van der Waals surface area contributed by atoms with Gasteiger partial charge in [-0.1, -0.05) is 39.8 Å². The third kappa shape index (κ3) is 4.23. The van der Waals surface area contributed by atoms with Crippen LogP contribution in [-0.4, -0.2) is 19.7 Å². The van der Waals surface area contributed by atoms with Crippen LogP contribution in [0.25, 0.3) is 0 Å². The Kier molecular flexibility index (Phi) is 4.81. The molecule has 1 N–H and O–H groups in total. The predicted molar refractivity (Wildman–Crippen MR) is 69.2 cm³/mol. The number of hydrogen-bond acceptors (Lipinski definition) is 2. The second kappa shape index (κ2) is 5.90. The molecule has 0 aliphatic carbocycles. The van der Waals surface area contributed by atoms with Crippen LogP contribution in [0.3, 0.4) is 0 Å². The van der Waals surface area contributed by atoms with E-state index in [1.54, 1.807) is 0 Å². The number of rotatable bonds is 5. The van der Waals surface area contributed by atoms with Crippen molar-refractivity contribution >= 4 is 0 Å². The molecule has 1 aromatic rings. The molecule has 0 saturated carbocycles. The Morgan fingerprint density at radius 3 is 2.62 bits per heavy atom. The summed E-state index contributed by atoms with van der Waals surface area (Å²) >= 11 is 0. The van der Waals surface area contributed by atoms with Gasteiger partial charge in [0.15, 0.2) is 0 Å². The lowest BCUT2D eigenvalue weighted by atomic mass is 9.87. The molecule has 0 fully saturated rings. The van der Waals surface area contributed by atoms with Crippen LogP contribution in [0.15, 0.2) is 24.3 Å². The van der Waals surface area contributed by atoms with Gasteiger partial charge in [0, 0.05) is 6.54 Å². The van der Waals surface area contributed by atoms with Gasteiger partial charge in [-0.05, 0) is 29.7 Å². The standard InChI is InChI=1S/C14H23NO/c1-5-15-9-10-16-13-8-6-7-12(11-13)14(2,3)4/h6-8,11,15H,5,9-10H2,1-4H3. The van der Waals surface area contributed by atoms with Crippen molar-refractivity contribution in [3.05, 3.63) is 29.8 Å². The van der Waals surface area contributed by atoms with Crippen LogP contribution in [0.2, 0.25) is 0 Å². The fraction of sp³-hybridized carbons (Fsp3) is 0.571. The molecule has 0 unspecified atom stereocenters. The molecule has 0 aliphatic rings. The lowest BCUT2D eigenvalue weighted by Crippen LogP contribution is -2.20. The van der Waals surface area contributed by atoms with Crippen molar-refractivity contribution in [1.29, 1.82) is 0 Å². The van der Waals surface area contributed by atoms with Crippen LogP contribution in [-0.2, 0) is 5.41 Å². The Labute approximate surface area is 99.0 Å². The highest BCUT2D eigenvalue weighted by Crippen LogP contribution is 2.25. The molecule has 1 aromatic carbocycles. The summed E-state index contributed by atoms with van der Waals surface area (Å²) in [6.07, 6.45) is 0. The highest BCUT2D eigenvalue weighted by molar-refractivity contribution is 5.32. The van der Waals surface area contributed by atoms with Crippen LogP contribution >= 0.6 is 0 Å². The Bertz CT molecular complexity index is 315. The van der Waals surface area contributed by atoms with E-state index in [4.69, 9.17) is 4.74 Å².